The molecule has 2 heterocycles. The lowest BCUT2D eigenvalue weighted by atomic mass is 10.1. The van der Waals surface area contributed by atoms with Crippen molar-refractivity contribution >= 4 is 19.1 Å². The minimum atomic E-state index is -2.70. The molecule has 2 fully saturated rings. The van der Waals surface area contributed by atoms with Crippen molar-refractivity contribution in [2.45, 2.75) is 38.5 Å². The molecule has 0 unspecified atom stereocenters. The molecule has 19 heavy (non-hydrogen) atoms. The van der Waals surface area contributed by atoms with Gasteiger partial charge in [-0.25, -0.2) is 4.67 Å². The second kappa shape index (κ2) is 7.99. The summed E-state index contributed by atoms with van der Waals surface area (Å²) in [6.07, 6.45) is 7.83. The highest BCUT2D eigenvalue weighted by Gasteiger charge is 2.34. The summed E-state index contributed by atoms with van der Waals surface area (Å²) in [4.78, 5) is 2.31. The normalized spacial score (nSPS) is 26.2. The first-order valence-electron chi connectivity index (χ1n) is 7.52. The maximum absolute atomic E-state index is 13.2. The van der Waals surface area contributed by atoms with Crippen LogP contribution in [0, 0.1) is 0 Å². The predicted molar refractivity (Wildman–Crippen MR) is 80.0 cm³/mol. The molecule has 0 bridgehead atoms. The van der Waals surface area contributed by atoms with E-state index in [0.29, 0.717) is 18.8 Å². The SMILES string of the molecule is O=[P@@](CN1CCCCC1)(OCCCl)N1CCCCC1. The van der Waals surface area contributed by atoms with Crippen LogP contribution in [0.4, 0.5) is 0 Å². The Labute approximate surface area is 121 Å². The van der Waals surface area contributed by atoms with Crippen LogP contribution in [0.3, 0.4) is 0 Å². The van der Waals surface area contributed by atoms with Gasteiger partial charge < -0.3 is 4.52 Å². The fourth-order valence-electron chi connectivity index (χ4n) is 2.92. The zero-order chi connectivity index (χ0) is 13.6. The summed E-state index contributed by atoms with van der Waals surface area (Å²) < 4.78 is 21.0. The molecule has 112 valence electrons. The van der Waals surface area contributed by atoms with Gasteiger partial charge in [0.1, 0.15) is 0 Å². The van der Waals surface area contributed by atoms with E-state index in [1.807, 2.05) is 0 Å². The lowest BCUT2D eigenvalue weighted by molar-refractivity contribution is 0.208. The van der Waals surface area contributed by atoms with Crippen LogP contribution in [0.5, 0.6) is 0 Å². The molecule has 0 radical (unpaired) electrons. The maximum Gasteiger partial charge on any atom is 0.286 e. The molecule has 2 aliphatic rings. The molecule has 0 aromatic rings. The molecule has 0 aliphatic carbocycles. The maximum atomic E-state index is 13.2. The summed E-state index contributed by atoms with van der Waals surface area (Å²) in [7, 11) is -2.70. The summed E-state index contributed by atoms with van der Waals surface area (Å²) in [6, 6.07) is 0. The number of hydrogen-bond acceptors (Lipinski definition) is 3. The molecule has 6 heteroatoms. The Bertz CT molecular complexity index is 305. The molecule has 0 aromatic carbocycles. The van der Waals surface area contributed by atoms with E-state index in [4.69, 9.17) is 16.1 Å². The summed E-state index contributed by atoms with van der Waals surface area (Å²) in [5.41, 5.74) is 0. The van der Waals surface area contributed by atoms with Crippen LogP contribution < -0.4 is 0 Å². The zero-order valence-electron chi connectivity index (χ0n) is 11.7. The molecular formula is C13H26ClN2O2P. The first kappa shape index (κ1) is 15.8. The predicted octanol–water partition coefficient (Wildman–Crippen LogP) is 3.36. The van der Waals surface area contributed by atoms with Crippen molar-refractivity contribution in [1.29, 1.82) is 0 Å². The molecule has 0 saturated carbocycles. The standard InChI is InChI=1S/C13H26ClN2O2P/c14-7-12-18-19(17,16-10-5-2-6-11-16)13-15-8-3-1-4-9-15/h1-13H2/t19-/m0/s1. The number of alkyl halides is 1. The molecule has 2 saturated heterocycles. The number of likely N-dealkylation sites (tertiary alicyclic amines) is 1. The minimum absolute atomic E-state index is 0.392. The number of piperidine rings is 2. The molecule has 1 atom stereocenters. The van der Waals surface area contributed by atoms with Gasteiger partial charge in [-0.05, 0) is 38.8 Å². The van der Waals surface area contributed by atoms with Crippen molar-refractivity contribution in [2.75, 3.05) is 45.0 Å². The number of rotatable bonds is 6. The van der Waals surface area contributed by atoms with Gasteiger partial charge in [0, 0.05) is 19.0 Å². The molecule has 4 nitrogen and oxygen atoms in total. The van der Waals surface area contributed by atoms with E-state index >= 15 is 0 Å². The van der Waals surface area contributed by atoms with Gasteiger partial charge in [0.05, 0.1) is 12.9 Å². The van der Waals surface area contributed by atoms with Crippen molar-refractivity contribution in [3.63, 3.8) is 0 Å². The molecule has 0 amide bonds. The van der Waals surface area contributed by atoms with E-state index in [-0.39, 0.29) is 0 Å². The fraction of sp³-hybridized carbons (Fsp3) is 1.00. The van der Waals surface area contributed by atoms with E-state index in [0.717, 1.165) is 39.0 Å². The van der Waals surface area contributed by atoms with Crippen LogP contribution in [-0.2, 0) is 9.09 Å². The Balaban J connectivity index is 1.97. The second-order valence-corrected chi connectivity index (χ2v) is 8.25. The Hall–Kier alpha value is 0.400. The van der Waals surface area contributed by atoms with Crippen molar-refractivity contribution in [2.24, 2.45) is 0 Å². The minimum Gasteiger partial charge on any atom is -0.315 e. The van der Waals surface area contributed by atoms with Gasteiger partial charge in [-0.15, -0.1) is 11.6 Å². The molecule has 0 spiro atoms. The molecule has 0 N–H and O–H groups in total. The highest BCUT2D eigenvalue weighted by atomic mass is 35.5. The number of nitrogens with zero attached hydrogens (tertiary/aromatic N) is 2. The van der Waals surface area contributed by atoms with E-state index in [1.165, 1.54) is 25.7 Å². The largest absolute Gasteiger partial charge is 0.315 e. The lowest BCUT2D eigenvalue weighted by Gasteiger charge is -2.37. The first-order valence-corrected chi connectivity index (χ1v) is 9.82. The molecule has 0 aromatic heterocycles. The number of halogens is 1. The molecular weight excluding hydrogens is 283 g/mol. The van der Waals surface area contributed by atoms with E-state index in [2.05, 4.69) is 9.57 Å². The van der Waals surface area contributed by atoms with Crippen LogP contribution in [0.2, 0.25) is 0 Å². The third kappa shape index (κ3) is 4.71. The summed E-state index contributed by atoms with van der Waals surface area (Å²) in [5.74, 6) is 0.415. The zero-order valence-corrected chi connectivity index (χ0v) is 13.4. The first-order chi connectivity index (χ1) is 9.24. The summed E-state index contributed by atoms with van der Waals surface area (Å²) >= 11 is 5.71. The second-order valence-electron chi connectivity index (χ2n) is 5.49. The van der Waals surface area contributed by atoms with Gasteiger partial charge >= 0.3 is 0 Å². The van der Waals surface area contributed by atoms with E-state index < -0.39 is 7.52 Å². The van der Waals surface area contributed by atoms with Gasteiger partial charge in [0.15, 0.2) is 0 Å². The van der Waals surface area contributed by atoms with Crippen molar-refractivity contribution < 1.29 is 9.09 Å². The van der Waals surface area contributed by atoms with Crippen LogP contribution in [-0.4, -0.2) is 54.5 Å². The highest BCUT2D eigenvalue weighted by Crippen LogP contribution is 2.52. The Morgan fingerprint density at radius 1 is 0.947 bits per heavy atom. The van der Waals surface area contributed by atoms with Crippen molar-refractivity contribution in [3.8, 4) is 0 Å². The molecule has 2 aliphatic heterocycles. The lowest BCUT2D eigenvalue weighted by Crippen LogP contribution is -2.37. The quantitative estimate of drug-likeness (QED) is 0.556. The third-order valence-corrected chi connectivity index (χ3v) is 6.72. The Morgan fingerprint density at radius 2 is 1.53 bits per heavy atom. The van der Waals surface area contributed by atoms with Crippen LogP contribution >= 0.6 is 19.1 Å². The average Bonchev–Trinajstić information content (AvgIpc) is 2.47. The topological polar surface area (TPSA) is 32.8 Å². The molecule has 2 rings (SSSR count). The fourth-order valence-corrected chi connectivity index (χ4v) is 5.59. The smallest absolute Gasteiger partial charge is 0.286 e. The summed E-state index contributed by atoms with van der Waals surface area (Å²) in [5, 5.41) is 0. The summed E-state index contributed by atoms with van der Waals surface area (Å²) in [6.45, 7) is 4.33. The van der Waals surface area contributed by atoms with Gasteiger partial charge in [-0.2, -0.15) is 0 Å². The van der Waals surface area contributed by atoms with Crippen molar-refractivity contribution in [1.82, 2.24) is 9.57 Å². The van der Waals surface area contributed by atoms with Gasteiger partial charge in [-0.1, -0.05) is 12.8 Å². The third-order valence-electron chi connectivity index (χ3n) is 3.96. The van der Waals surface area contributed by atoms with Crippen LogP contribution in [0.1, 0.15) is 38.5 Å². The monoisotopic (exact) mass is 308 g/mol. The Morgan fingerprint density at radius 3 is 2.11 bits per heavy atom. The van der Waals surface area contributed by atoms with E-state index in [9.17, 15) is 4.57 Å². The van der Waals surface area contributed by atoms with Crippen LogP contribution in [0.15, 0.2) is 0 Å². The Kier molecular flexibility index (Phi) is 6.64. The van der Waals surface area contributed by atoms with Gasteiger partial charge in [0.25, 0.3) is 7.52 Å². The van der Waals surface area contributed by atoms with Gasteiger partial charge in [0.2, 0.25) is 0 Å². The van der Waals surface area contributed by atoms with Crippen LogP contribution in [0.25, 0.3) is 0 Å². The van der Waals surface area contributed by atoms with Crippen molar-refractivity contribution in [3.05, 3.63) is 0 Å². The van der Waals surface area contributed by atoms with Gasteiger partial charge in [-0.3, -0.25) is 9.46 Å². The number of hydrogen-bond donors (Lipinski definition) is 0. The van der Waals surface area contributed by atoms with E-state index in [1.54, 1.807) is 0 Å². The highest BCUT2D eigenvalue weighted by molar-refractivity contribution is 7.56. The average molecular weight is 309 g/mol.